The van der Waals surface area contributed by atoms with Gasteiger partial charge in [-0.15, -0.1) is 0 Å². The van der Waals surface area contributed by atoms with Crippen molar-refractivity contribution < 1.29 is 13.6 Å². The molecule has 2 N–H and O–H groups in total. The van der Waals surface area contributed by atoms with E-state index < -0.39 is 11.8 Å². The SMILES string of the molecule is O=C(C1CC(F)(F)C1)n1cc2ccc(-c3nccc(Nc4ccc(-c5cn[nH]c5)cn4)n3)cc2c1. The van der Waals surface area contributed by atoms with Crippen LogP contribution in [-0.2, 0) is 0 Å². The van der Waals surface area contributed by atoms with E-state index in [0.717, 1.165) is 27.5 Å². The summed E-state index contributed by atoms with van der Waals surface area (Å²) >= 11 is 0. The van der Waals surface area contributed by atoms with Crippen LogP contribution < -0.4 is 5.32 Å². The van der Waals surface area contributed by atoms with Gasteiger partial charge in [-0.1, -0.05) is 12.1 Å². The Kier molecular flexibility index (Phi) is 4.87. The van der Waals surface area contributed by atoms with Crippen molar-refractivity contribution in [2.45, 2.75) is 18.8 Å². The van der Waals surface area contributed by atoms with Crippen LogP contribution in [0, 0.1) is 5.92 Å². The topological polar surface area (TPSA) is 101 Å². The molecular formula is C25H19F2N7O. The van der Waals surface area contributed by atoms with E-state index in [1.165, 1.54) is 4.57 Å². The predicted octanol–water partition coefficient (Wildman–Crippen LogP) is 5.31. The summed E-state index contributed by atoms with van der Waals surface area (Å²) in [5.41, 5.74) is 2.66. The molecule has 0 radical (unpaired) electrons. The lowest BCUT2D eigenvalue weighted by Gasteiger charge is -2.33. The summed E-state index contributed by atoms with van der Waals surface area (Å²) in [7, 11) is 0. The van der Waals surface area contributed by atoms with Crippen LogP contribution in [0.15, 0.2) is 73.6 Å². The zero-order valence-corrected chi connectivity index (χ0v) is 18.3. The minimum absolute atomic E-state index is 0.303. The number of hydrogen-bond acceptors (Lipinski definition) is 6. The zero-order chi connectivity index (χ0) is 24.0. The summed E-state index contributed by atoms with van der Waals surface area (Å²) in [6.07, 6.45) is 9.50. The molecule has 10 heteroatoms. The number of rotatable bonds is 5. The van der Waals surface area contributed by atoms with Gasteiger partial charge >= 0.3 is 0 Å². The normalized spacial score (nSPS) is 15.1. The summed E-state index contributed by atoms with van der Waals surface area (Å²) < 4.78 is 27.7. The number of pyridine rings is 1. The molecule has 0 spiro atoms. The first-order valence-electron chi connectivity index (χ1n) is 11.0. The van der Waals surface area contributed by atoms with Crippen LogP contribution in [-0.4, -0.2) is 41.5 Å². The van der Waals surface area contributed by atoms with Gasteiger partial charge in [0.15, 0.2) is 5.82 Å². The van der Waals surface area contributed by atoms with Gasteiger partial charge in [-0.05, 0) is 29.7 Å². The van der Waals surface area contributed by atoms with Gasteiger partial charge in [0.25, 0.3) is 0 Å². The number of nitrogens with zero attached hydrogens (tertiary/aromatic N) is 5. The number of aromatic amines is 1. The van der Waals surface area contributed by atoms with Gasteiger partial charge in [0, 0.05) is 65.9 Å². The lowest BCUT2D eigenvalue weighted by Crippen LogP contribution is -2.41. The first kappa shape index (κ1) is 21.1. The Labute approximate surface area is 198 Å². The molecular weight excluding hydrogens is 452 g/mol. The van der Waals surface area contributed by atoms with E-state index in [2.05, 4.69) is 30.5 Å². The highest BCUT2D eigenvalue weighted by molar-refractivity contribution is 5.92. The number of alkyl halides is 2. The Bertz CT molecular complexity index is 1520. The number of benzene rings is 1. The number of carbonyl (C=O) groups is 1. The number of nitrogens with one attached hydrogen (secondary N) is 2. The van der Waals surface area contributed by atoms with Crippen molar-refractivity contribution in [3.05, 3.63) is 73.6 Å². The number of hydrogen-bond donors (Lipinski definition) is 2. The first-order valence-corrected chi connectivity index (χ1v) is 11.0. The smallest absolute Gasteiger partial charge is 0.249 e. The summed E-state index contributed by atoms with van der Waals surface area (Å²) in [5, 5.41) is 11.5. The standard InChI is InChI=1S/C25H19F2N7O/c26-25(27)8-19(9-25)24(35)34-13-17-2-1-15(7-18(17)14-34)23-28-6-5-22(33-23)32-21-4-3-16(10-29-21)20-11-30-31-12-20/h1-7,10-14,19H,8-9H2,(H,30,31)(H,28,29,32,33). The van der Waals surface area contributed by atoms with Crippen molar-refractivity contribution in [3.8, 4) is 22.5 Å². The molecule has 0 unspecified atom stereocenters. The molecule has 6 rings (SSSR count). The molecule has 35 heavy (non-hydrogen) atoms. The van der Waals surface area contributed by atoms with E-state index in [0.29, 0.717) is 17.5 Å². The summed E-state index contributed by atoms with van der Waals surface area (Å²) in [4.78, 5) is 25.9. The van der Waals surface area contributed by atoms with E-state index in [1.807, 2.05) is 30.3 Å². The lowest BCUT2D eigenvalue weighted by atomic mass is 9.81. The zero-order valence-electron chi connectivity index (χ0n) is 18.3. The van der Waals surface area contributed by atoms with Crippen molar-refractivity contribution >= 4 is 28.3 Å². The van der Waals surface area contributed by atoms with Crippen LogP contribution in [0.2, 0.25) is 0 Å². The van der Waals surface area contributed by atoms with Crippen LogP contribution in [0.5, 0.6) is 0 Å². The van der Waals surface area contributed by atoms with Crippen LogP contribution in [0.4, 0.5) is 20.4 Å². The Hall–Kier alpha value is -4.47. The summed E-state index contributed by atoms with van der Waals surface area (Å²) in [5.74, 6) is -1.95. The van der Waals surface area contributed by atoms with Gasteiger partial charge in [-0.3, -0.25) is 14.5 Å². The minimum Gasteiger partial charge on any atom is -0.325 e. The van der Waals surface area contributed by atoms with Gasteiger partial charge in [0.05, 0.1) is 12.1 Å². The fraction of sp³-hybridized carbons (Fsp3) is 0.160. The highest BCUT2D eigenvalue weighted by atomic mass is 19.3. The van der Waals surface area contributed by atoms with Gasteiger partial charge in [0.1, 0.15) is 11.6 Å². The van der Waals surface area contributed by atoms with Gasteiger partial charge < -0.3 is 5.32 Å². The maximum absolute atomic E-state index is 13.2. The number of H-pyrrole nitrogens is 1. The average molecular weight is 471 g/mol. The highest BCUT2D eigenvalue weighted by Gasteiger charge is 2.49. The highest BCUT2D eigenvalue weighted by Crippen LogP contribution is 2.43. The van der Waals surface area contributed by atoms with Gasteiger partial charge in [-0.25, -0.2) is 23.7 Å². The largest absolute Gasteiger partial charge is 0.325 e. The minimum atomic E-state index is -2.73. The third kappa shape index (κ3) is 4.14. The molecule has 4 heterocycles. The van der Waals surface area contributed by atoms with E-state index in [4.69, 9.17) is 0 Å². The van der Waals surface area contributed by atoms with Crippen LogP contribution >= 0.6 is 0 Å². The Morgan fingerprint density at radius 1 is 0.971 bits per heavy atom. The van der Waals surface area contributed by atoms with Gasteiger partial charge in [-0.2, -0.15) is 5.10 Å². The van der Waals surface area contributed by atoms with E-state index >= 15 is 0 Å². The molecule has 174 valence electrons. The summed E-state index contributed by atoms with van der Waals surface area (Å²) in [6, 6.07) is 11.2. The van der Waals surface area contributed by atoms with Crippen molar-refractivity contribution in [2.24, 2.45) is 5.92 Å². The number of fused-ring (bicyclic) bond motifs is 1. The van der Waals surface area contributed by atoms with E-state index in [9.17, 15) is 13.6 Å². The molecule has 1 aliphatic rings. The maximum atomic E-state index is 13.2. The maximum Gasteiger partial charge on any atom is 0.249 e. The molecule has 0 aliphatic heterocycles. The van der Waals surface area contributed by atoms with Crippen molar-refractivity contribution in [1.29, 1.82) is 0 Å². The number of halogens is 2. The second kappa shape index (κ2) is 8.08. The lowest BCUT2D eigenvalue weighted by molar-refractivity contribution is -0.0999. The Morgan fingerprint density at radius 2 is 1.80 bits per heavy atom. The van der Waals surface area contributed by atoms with Crippen molar-refractivity contribution in [2.75, 3.05) is 5.32 Å². The Morgan fingerprint density at radius 3 is 2.54 bits per heavy atom. The molecule has 1 aliphatic carbocycles. The molecule has 8 nitrogen and oxygen atoms in total. The molecule has 1 saturated carbocycles. The molecule has 0 saturated heterocycles. The Balaban J connectivity index is 1.21. The molecule has 5 aromatic rings. The third-order valence-corrected chi connectivity index (χ3v) is 6.10. The molecule has 1 fully saturated rings. The van der Waals surface area contributed by atoms with E-state index in [-0.39, 0.29) is 18.7 Å². The average Bonchev–Trinajstić information content (AvgIpc) is 3.52. The number of aromatic nitrogens is 6. The number of carbonyl (C=O) groups excluding carboxylic acids is 1. The second-order valence-electron chi connectivity index (χ2n) is 8.62. The molecule has 0 amide bonds. The van der Waals surface area contributed by atoms with E-state index in [1.54, 1.807) is 43.2 Å². The van der Waals surface area contributed by atoms with Crippen molar-refractivity contribution in [1.82, 2.24) is 29.7 Å². The second-order valence-corrected chi connectivity index (χ2v) is 8.62. The fourth-order valence-electron chi connectivity index (χ4n) is 4.20. The predicted molar refractivity (Wildman–Crippen MR) is 126 cm³/mol. The summed E-state index contributed by atoms with van der Waals surface area (Å²) in [6.45, 7) is 0. The van der Waals surface area contributed by atoms with Crippen LogP contribution in [0.25, 0.3) is 33.3 Å². The molecule has 0 bridgehead atoms. The number of anilines is 2. The monoisotopic (exact) mass is 471 g/mol. The quantitative estimate of drug-likeness (QED) is 0.360. The molecule has 1 aromatic carbocycles. The first-order chi connectivity index (χ1) is 16.9. The third-order valence-electron chi connectivity index (χ3n) is 6.10. The fourth-order valence-corrected chi connectivity index (χ4v) is 4.20. The molecule has 4 aromatic heterocycles. The molecule has 0 atom stereocenters. The van der Waals surface area contributed by atoms with Crippen LogP contribution in [0.1, 0.15) is 17.6 Å². The van der Waals surface area contributed by atoms with Gasteiger partial charge in [0.2, 0.25) is 11.8 Å². The van der Waals surface area contributed by atoms with Crippen molar-refractivity contribution in [3.63, 3.8) is 0 Å². The van der Waals surface area contributed by atoms with Crippen LogP contribution in [0.3, 0.4) is 0 Å².